The molecule has 0 aromatic rings. The van der Waals surface area contributed by atoms with Gasteiger partial charge in [-0.05, 0) is 12.8 Å². The van der Waals surface area contributed by atoms with Crippen LogP contribution in [0.15, 0.2) is 0 Å². The van der Waals surface area contributed by atoms with Crippen LogP contribution in [0.4, 0.5) is 4.79 Å². The molecule has 0 aromatic heterocycles. The number of urea groups is 1. The van der Waals surface area contributed by atoms with E-state index in [2.05, 4.69) is 5.32 Å². The molecule has 5 heteroatoms. The van der Waals surface area contributed by atoms with Gasteiger partial charge in [-0.2, -0.15) is 0 Å². The minimum atomic E-state index is -0.366. The molecule has 0 radical (unpaired) electrons. The maximum atomic E-state index is 10.6. The third kappa shape index (κ3) is 4.10. The predicted octanol–water partition coefficient (Wildman–Crippen LogP) is 0.118. The van der Waals surface area contributed by atoms with Crippen molar-refractivity contribution >= 4 is 6.03 Å². The van der Waals surface area contributed by atoms with E-state index in [0.29, 0.717) is 19.3 Å². The molecule has 5 nitrogen and oxygen atoms in total. The monoisotopic (exact) mass is 187 g/mol. The molecular formula is C8H17N3O2. The molecule has 0 bridgehead atoms. The van der Waals surface area contributed by atoms with Crippen molar-refractivity contribution < 1.29 is 9.53 Å². The van der Waals surface area contributed by atoms with Crippen molar-refractivity contribution in [2.24, 2.45) is 5.84 Å². The molecule has 2 amide bonds. The maximum absolute atomic E-state index is 10.6. The van der Waals surface area contributed by atoms with Crippen LogP contribution in [0.2, 0.25) is 0 Å². The Bertz CT molecular complexity index is 157. The number of carbonyl (C=O) groups excluding carboxylic acids is 1. The Kier molecular flexibility index (Phi) is 4.56. The molecule has 4 N–H and O–H groups in total. The van der Waals surface area contributed by atoms with Crippen molar-refractivity contribution in [2.75, 3.05) is 13.2 Å². The van der Waals surface area contributed by atoms with Gasteiger partial charge in [0.15, 0.2) is 0 Å². The van der Waals surface area contributed by atoms with Gasteiger partial charge >= 0.3 is 6.03 Å². The Hall–Kier alpha value is -0.810. The lowest BCUT2D eigenvalue weighted by Gasteiger charge is -2.10. The van der Waals surface area contributed by atoms with Crippen molar-refractivity contribution in [3.8, 4) is 0 Å². The number of rotatable bonds is 4. The summed E-state index contributed by atoms with van der Waals surface area (Å²) in [7, 11) is 0. The fourth-order valence-electron chi connectivity index (χ4n) is 1.50. The lowest BCUT2D eigenvalue weighted by molar-refractivity contribution is 0.0613. The van der Waals surface area contributed by atoms with Crippen molar-refractivity contribution in [3.05, 3.63) is 0 Å². The second kappa shape index (κ2) is 5.77. The highest BCUT2D eigenvalue weighted by molar-refractivity contribution is 5.72. The molecule has 0 atom stereocenters. The summed E-state index contributed by atoms with van der Waals surface area (Å²) in [4.78, 5) is 10.6. The Balaban J connectivity index is 1.91. The molecule has 0 aromatic carbocycles. The molecule has 1 aliphatic rings. The highest BCUT2D eigenvalue weighted by Gasteiger charge is 2.14. The Morgan fingerprint density at radius 2 is 2.15 bits per heavy atom. The lowest BCUT2D eigenvalue weighted by atomic mass is 10.3. The molecule has 1 aliphatic carbocycles. The van der Waals surface area contributed by atoms with Gasteiger partial charge in [0, 0.05) is 6.54 Å². The number of hydrogen-bond donors (Lipinski definition) is 3. The first-order chi connectivity index (χ1) is 6.33. The fourth-order valence-corrected chi connectivity index (χ4v) is 1.50. The quantitative estimate of drug-likeness (QED) is 0.253. The van der Waals surface area contributed by atoms with Crippen LogP contribution in [0.3, 0.4) is 0 Å². The number of nitrogens with two attached hydrogens (primary N) is 1. The van der Waals surface area contributed by atoms with Gasteiger partial charge in [-0.1, -0.05) is 12.8 Å². The van der Waals surface area contributed by atoms with Crippen LogP contribution in [0, 0.1) is 0 Å². The van der Waals surface area contributed by atoms with E-state index >= 15 is 0 Å². The topological polar surface area (TPSA) is 76.4 Å². The van der Waals surface area contributed by atoms with Crippen molar-refractivity contribution in [2.45, 2.75) is 31.8 Å². The Morgan fingerprint density at radius 1 is 1.46 bits per heavy atom. The van der Waals surface area contributed by atoms with E-state index in [9.17, 15) is 4.79 Å². The summed E-state index contributed by atoms with van der Waals surface area (Å²) < 4.78 is 5.51. The van der Waals surface area contributed by atoms with E-state index < -0.39 is 0 Å². The third-order valence-electron chi connectivity index (χ3n) is 2.17. The van der Waals surface area contributed by atoms with E-state index in [1.807, 2.05) is 5.43 Å². The minimum absolute atomic E-state index is 0.366. The largest absolute Gasteiger partial charge is 0.376 e. The summed E-state index contributed by atoms with van der Waals surface area (Å²) in [6.07, 6.45) is 5.25. The SMILES string of the molecule is NNC(=O)NCCOC1CCCC1. The zero-order valence-corrected chi connectivity index (χ0v) is 7.71. The molecule has 1 fully saturated rings. The highest BCUT2D eigenvalue weighted by atomic mass is 16.5. The van der Waals surface area contributed by atoms with E-state index in [4.69, 9.17) is 10.6 Å². The summed E-state index contributed by atoms with van der Waals surface area (Å²) >= 11 is 0. The van der Waals surface area contributed by atoms with Crippen molar-refractivity contribution in [1.29, 1.82) is 0 Å². The van der Waals surface area contributed by atoms with Gasteiger partial charge in [-0.15, -0.1) is 0 Å². The van der Waals surface area contributed by atoms with E-state index in [1.54, 1.807) is 0 Å². The Labute approximate surface area is 78.0 Å². The van der Waals surface area contributed by atoms with Crippen LogP contribution in [-0.4, -0.2) is 25.3 Å². The molecular weight excluding hydrogens is 170 g/mol. The molecule has 0 aliphatic heterocycles. The number of hydrazine groups is 1. The summed E-state index contributed by atoms with van der Waals surface area (Å²) in [5.74, 6) is 4.87. The van der Waals surface area contributed by atoms with Crippen molar-refractivity contribution in [3.63, 3.8) is 0 Å². The average Bonchev–Trinajstić information content (AvgIpc) is 2.64. The highest BCUT2D eigenvalue weighted by Crippen LogP contribution is 2.20. The number of hydrogen-bond acceptors (Lipinski definition) is 3. The van der Waals surface area contributed by atoms with Gasteiger partial charge in [0.2, 0.25) is 0 Å². The molecule has 0 spiro atoms. The van der Waals surface area contributed by atoms with Crippen LogP contribution in [-0.2, 0) is 4.74 Å². The molecule has 0 unspecified atom stereocenters. The Morgan fingerprint density at radius 3 is 2.77 bits per heavy atom. The molecule has 76 valence electrons. The van der Waals surface area contributed by atoms with E-state index in [-0.39, 0.29) is 6.03 Å². The summed E-state index contributed by atoms with van der Waals surface area (Å²) in [5.41, 5.74) is 1.99. The fraction of sp³-hybridized carbons (Fsp3) is 0.875. The van der Waals surface area contributed by atoms with Gasteiger partial charge < -0.3 is 10.1 Å². The smallest absolute Gasteiger partial charge is 0.328 e. The van der Waals surface area contributed by atoms with E-state index in [1.165, 1.54) is 12.8 Å². The first-order valence-corrected chi connectivity index (χ1v) is 4.69. The van der Waals surface area contributed by atoms with Crippen LogP contribution >= 0.6 is 0 Å². The van der Waals surface area contributed by atoms with Gasteiger partial charge in [0.05, 0.1) is 12.7 Å². The summed E-state index contributed by atoms with van der Waals surface area (Å²) in [6.45, 7) is 1.08. The minimum Gasteiger partial charge on any atom is -0.376 e. The second-order valence-corrected chi connectivity index (χ2v) is 3.18. The second-order valence-electron chi connectivity index (χ2n) is 3.18. The van der Waals surface area contributed by atoms with Crippen LogP contribution in [0.5, 0.6) is 0 Å². The molecule has 1 rings (SSSR count). The van der Waals surface area contributed by atoms with Gasteiger partial charge in [-0.3, -0.25) is 5.43 Å². The van der Waals surface area contributed by atoms with Gasteiger partial charge in [0.1, 0.15) is 0 Å². The van der Waals surface area contributed by atoms with Crippen molar-refractivity contribution in [1.82, 2.24) is 10.7 Å². The maximum Gasteiger partial charge on any atom is 0.328 e. The third-order valence-corrected chi connectivity index (χ3v) is 2.17. The zero-order valence-electron chi connectivity index (χ0n) is 7.71. The molecule has 1 saturated carbocycles. The number of ether oxygens (including phenoxy) is 1. The number of amides is 2. The lowest BCUT2D eigenvalue weighted by Crippen LogP contribution is -2.41. The van der Waals surface area contributed by atoms with Gasteiger partial charge in [-0.25, -0.2) is 10.6 Å². The average molecular weight is 187 g/mol. The predicted molar refractivity (Wildman–Crippen MR) is 48.9 cm³/mol. The summed E-state index contributed by atoms with van der Waals surface area (Å²) in [6, 6.07) is -0.366. The van der Waals surface area contributed by atoms with Crippen LogP contribution in [0.25, 0.3) is 0 Å². The first-order valence-electron chi connectivity index (χ1n) is 4.69. The van der Waals surface area contributed by atoms with E-state index in [0.717, 1.165) is 12.8 Å². The number of nitrogens with one attached hydrogen (secondary N) is 2. The molecule has 13 heavy (non-hydrogen) atoms. The summed E-state index contributed by atoms with van der Waals surface area (Å²) in [5, 5.41) is 2.56. The standard InChI is InChI=1S/C8H17N3O2/c9-11-8(12)10-5-6-13-7-3-1-2-4-7/h7H,1-6,9H2,(H2,10,11,12). The molecule has 0 heterocycles. The van der Waals surface area contributed by atoms with Crippen LogP contribution < -0.4 is 16.6 Å². The first kappa shape index (κ1) is 10.3. The van der Waals surface area contributed by atoms with Crippen LogP contribution in [0.1, 0.15) is 25.7 Å². The molecule has 0 saturated heterocycles. The normalized spacial score (nSPS) is 17.3. The zero-order chi connectivity index (χ0) is 9.52. The number of carbonyl (C=O) groups is 1. The van der Waals surface area contributed by atoms with Gasteiger partial charge in [0.25, 0.3) is 0 Å².